The largest absolute Gasteiger partial charge is 0.279 e. The molecule has 1 aliphatic heterocycles. The van der Waals surface area contributed by atoms with Gasteiger partial charge in [-0.15, -0.1) is 0 Å². The monoisotopic (exact) mass is 291 g/mol. The maximum absolute atomic E-state index is 13.2. The Labute approximate surface area is 129 Å². The SMILES string of the molecule is CC(C)N1C(=O)CC2(C1=O)c1ccccc1-c1ccccc12. The molecular weight excluding hydrogens is 274 g/mol. The van der Waals surface area contributed by atoms with Crippen molar-refractivity contribution < 1.29 is 9.59 Å². The van der Waals surface area contributed by atoms with Crippen LogP contribution < -0.4 is 0 Å². The lowest BCUT2D eigenvalue weighted by molar-refractivity contribution is -0.141. The van der Waals surface area contributed by atoms with E-state index in [-0.39, 0.29) is 24.3 Å². The normalized spacial score (nSPS) is 18.2. The molecule has 0 bridgehead atoms. The van der Waals surface area contributed by atoms with Crippen LogP contribution in [0, 0.1) is 0 Å². The van der Waals surface area contributed by atoms with Crippen molar-refractivity contribution in [2.75, 3.05) is 0 Å². The number of benzene rings is 2. The number of likely N-dealkylation sites (tertiary alicyclic amines) is 1. The zero-order valence-electron chi connectivity index (χ0n) is 12.7. The summed E-state index contributed by atoms with van der Waals surface area (Å²) < 4.78 is 0. The van der Waals surface area contributed by atoms with Crippen LogP contribution in [-0.2, 0) is 15.0 Å². The third-order valence-corrected chi connectivity index (χ3v) is 4.85. The third-order valence-electron chi connectivity index (χ3n) is 4.85. The molecule has 3 nitrogen and oxygen atoms in total. The van der Waals surface area contributed by atoms with Crippen molar-refractivity contribution in [1.82, 2.24) is 4.90 Å². The molecule has 0 atom stereocenters. The molecule has 0 aromatic heterocycles. The number of nitrogens with zero attached hydrogens (tertiary/aromatic N) is 1. The molecule has 1 saturated heterocycles. The second-order valence-corrected chi connectivity index (χ2v) is 6.34. The van der Waals surface area contributed by atoms with Gasteiger partial charge in [-0.05, 0) is 36.1 Å². The number of imide groups is 1. The van der Waals surface area contributed by atoms with Crippen LogP contribution in [0.25, 0.3) is 11.1 Å². The van der Waals surface area contributed by atoms with Gasteiger partial charge in [0, 0.05) is 12.5 Å². The van der Waals surface area contributed by atoms with Crippen molar-refractivity contribution in [3.8, 4) is 11.1 Å². The average molecular weight is 291 g/mol. The van der Waals surface area contributed by atoms with Gasteiger partial charge in [0.2, 0.25) is 11.8 Å². The number of hydrogen-bond acceptors (Lipinski definition) is 2. The summed E-state index contributed by atoms with van der Waals surface area (Å²) >= 11 is 0. The zero-order chi connectivity index (χ0) is 15.5. The first-order chi connectivity index (χ1) is 10.6. The molecular formula is C19H17NO2. The quantitative estimate of drug-likeness (QED) is 0.757. The van der Waals surface area contributed by atoms with Crippen molar-refractivity contribution in [3.05, 3.63) is 59.7 Å². The number of carbonyl (C=O) groups is 2. The van der Waals surface area contributed by atoms with Gasteiger partial charge in [0.25, 0.3) is 0 Å². The van der Waals surface area contributed by atoms with Crippen LogP contribution in [0.2, 0.25) is 0 Å². The fraction of sp³-hybridized carbons (Fsp3) is 0.263. The molecule has 1 heterocycles. The maximum Gasteiger partial charge on any atom is 0.245 e. The molecule has 0 unspecified atom stereocenters. The van der Waals surface area contributed by atoms with Gasteiger partial charge in [0.05, 0.1) is 0 Å². The Bertz CT molecular complexity index is 761. The lowest BCUT2D eigenvalue weighted by Gasteiger charge is -2.26. The van der Waals surface area contributed by atoms with Crippen LogP contribution in [0.3, 0.4) is 0 Å². The Hall–Kier alpha value is -2.42. The van der Waals surface area contributed by atoms with Crippen LogP contribution in [0.1, 0.15) is 31.4 Å². The number of fused-ring (bicyclic) bond motifs is 5. The minimum atomic E-state index is -0.825. The van der Waals surface area contributed by atoms with E-state index in [1.807, 2.05) is 62.4 Å². The van der Waals surface area contributed by atoms with Crippen molar-refractivity contribution in [1.29, 1.82) is 0 Å². The van der Waals surface area contributed by atoms with E-state index in [9.17, 15) is 9.59 Å². The molecule has 110 valence electrons. The molecule has 22 heavy (non-hydrogen) atoms. The molecule has 2 amide bonds. The van der Waals surface area contributed by atoms with Crippen molar-refractivity contribution in [2.24, 2.45) is 0 Å². The highest BCUT2D eigenvalue weighted by atomic mass is 16.2. The molecule has 3 heteroatoms. The Kier molecular flexibility index (Phi) is 2.59. The molecule has 4 rings (SSSR count). The fourth-order valence-electron chi connectivity index (χ4n) is 3.98. The highest BCUT2D eigenvalue weighted by Gasteiger charge is 2.58. The maximum atomic E-state index is 13.2. The molecule has 2 aromatic rings. The standard InChI is InChI=1S/C19H17NO2/c1-12(2)20-17(21)11-19(18(20)22)15-9-5-3-7-13(15)14-8-4-6-10-16(14)19/h3-10,12H,11H2,1-2H3. The van der Waals surface area contributed by atoms with Gasteiger partial charge in [-0.1, -0.05) is 48.5 Å². The summed E-state index contributed by atoms with van der Waals surface area (Å²) in [5, 5.41) is 0. The summed E-state index contributed by atoms with van der Waals surface area (Å²) in [5.41, 5.74) is 3.26. The Morgan fingerprint density at radius 2 is 1.41 bits per heavy atom. The van der Waals surface area contributed by atoms with Crippen LogP contribution in [-0.4, -0.2) is 22.8 Å². The summed E-state index contributed by atoms with van der Waals surface area (Å²) in [6, 6.07) is 15.8. The van der Waals surface area contributed by atoms with Gasteiger partial charge in [0.1, 0.15) is 5.41 Å². The molecule has 0 radical (unpaired) electrons. The highest BCUT2D eigenvalue weighted by Crippen LogP contribution is 2.54. The van der Waals surface area contributed by atoms with Gasteiger partial charge in [-0.25, -0.2) is 0 Å². The summed E-state index contributed by atoms with van der Waals surface area (Å²) in [5.74, 6) is -0.156. The lowest BCUT2D eigenvalue weighted by atomic mass is 9.76. The zero-order valence-corrected chi connectivity index (χ0v) is 12.7. The lowest BCUT2D eigenvalue weighted by Crippen LogP contribution is -2.41. The molecule has 0 N–H and O–H groups in total. The predicted molar refractivity (Wildman–Crippen MR) is 84.3 cm³/mol. The summed E-state index contributed by atoms with van der Waals surface area (Å²) in [4.78, 5) is 27.2. The van der Waals surface area contributed by atoms with Crippen LogP contribution in [0.5, 0.6) is 0 Å². The number of hydrogen-bond donors (Lipinski definition) is 0. The van der Waals surface area contributed by atoms with Crippen molar-refractivity contribution >= 4 is 11.8 Å². The number of carbonyl (C=O) groups excluding carboxylic acids is 2. The van der Waals surface area contributed by atoms with Crippen LogP contribution >= 0.6 is 0 Å². The number of rotatable bonds is 1. The van der Waals surface area contributed by atoms with E-state index in [0.29, 0.717) is 0 Å². The molecule has 0 saturated carbocycles. The highest BCUT2D eigenvalue weighted by molar-refractivity contribution is 6.14. The molecule has 2 aliphatic rings. The third kappa shape index (κ3) is 1.41. The van der Waals surface area contributed by atoms with E-state index in [4.69, 9.17) is 0 Å². The second-order valence-electron chi connectivity index (χ2n) is 6.34. The Morgan fingerprint density at radius 1 is 0.909 bits per heavy atom. The minimum Gasteiger partial charge on any atom is -0.279 e. The topological polar surface area (TPSA) is 37.4 Å². The molecule has 2 aromatic carbocycles. The first kappa shape index (κ1) is 13.3. The molecule has 1 aliphatic carbocycles. The van der Waals surface area contributed by atoms with Gasteiger partial charge in [0.15, 0.2) is 0 Å². The molecule has 1 fully saturated rings. The van der Waals surface area contributed by atoms with Crippen LogP contribution in [0.4, 0.5) is 0 Å². The van der Waals surface area contributed by atoms with E-state index in [0.717, 1.165) is 22.3 Å². The number of amides is 2. The Morgan fingerprint density at radius 3 is 1.86 bits per heavy atom. The van der Waals surface area contributed by atoms with Gasteiger partial charge in [-0.2, -0.15) is 0 Å². The van der Waals surface area contributed by atoms with E-state index in [2.05, 4.69) is 0 Å². The smallest absolute Gasteiger partial charge is 0.245 e. The van der Waals surface area contributed by atoms with Crippen LogP contribution in [0.15, 0.2) is 48.5 Å². The van der Waals surface area contributed by atoms with E-state index in [1.165, 1.54) is 4.90 Å². The Balaban J connectivity index is 2.04. The van der Waals surface area contributed by atoms with Crippen molar-refractivity contribution in [2.45, 2.75) is 31.7 Å². The van der Waals surface area contributed by atoms with Gasteiger partial charge < -0.3 is 0 Å². The van der Waals surface area contributed by atoms with E-state index >= 15 is 0 Å². The molecule has 1 spiro atoms. The summed E-state index contributed by atoms with van der Waals surface area (Å²) in [6.07, 6.45) is 0.234. The van der Waals surface area contributed by atoms with Gasteiger partial charge >= 0.3 is 0 Å². The van der Waals surface area contributed by atoms with Crippen molar-refractivity contribution in [3.63, 3.8) is 0 Å². The summed E-state index contributed by atoms with van der Waals surface area (Å²) in [6.45, 7) is 3.78. The fourth-order valence-corrected chi connectivity index (χ4v) is 3.98. The first-order valence-electron chi connectivity index (χ1n) is 7.63. The first-order valence-corrected chi connectivity index (χ1v) is 7.63. The van der Waals surface area contributed by atoms with E-state index < -0.39 is 5.41 Å². The van der Waals surface area contributed by atoms with Gasteiger partial charge in [-0.3, -0.25) is 14.5 Å². The second kappa shape index (κ2) is 4.29. The predicted octanol–water partition coefficient (Wildman–Crippen LogP) is 3.12. The minimum absolute atomic E-state index is 0.0773. The van der Waals surface area contributed by atoms with E-state index in [1.54, 1.807) is 0 Å². The summed E-state index contributed by atoms with van der Waals surface area (Å²) in [7, 11) is 0. The average Bonchev–Trinajstić information content (AvgIpc) is 2.94.